The summed E-state index contributed by atoms with van der Waals surface area (Å²) in [5.74, 6) is 1.61. The van der Waals surface area contributed by atoms with Gasteiger partial charge in [0.25, 0.3) is 5.91 Å². The molecule has 4 rings (SSSR count). The predicted molar refractivity (Wildman–Crippen MR) is 154 cm³/mol. The number of aryl methyl sites for hydroxylation is 1. The summed E-state index contributed by atoms with van der Waals surface area (Å²) < 4.78 is 5.98. The number of carbonyl (C=O) groups is 1. The van der Waals surface area contributed by atoms with Crippen LogP contribution in [0.2, 0.25) is 0 Å². The van der Waals surface area contributed by atoms with Gasteiger partial charge in [-0.3, -0.25) is 4.79 Å². The molecule has 0 bridgehead atoms. The van der Waals surface area contributed by atoms with Gasteiger partial charge in [0, 0.05) is 12.1 Å². The van der Waals surface area contributed by atoms with Crippen LogP contribution >= 0.6 is 0 Å². The lowest BCUT2D eigenvalue weighted by Gasteiger charge is -2.33. The van der Waals surface area contributed by atoms with Gasteiger partial charge in [0.15, 0.2) is 0 Å². The molecule has 1 aliphatic heterocycles. The number of hydrogen-bond donors (Lipinski definition) is 1. The number of rotatable bonds is 11. The standard InChI is InChI=1S/C33H39N3O2/c1-3-25-9-16-31(32(23-25)38-4-2)29-17-21-36(22-18-29)20-6-5-19-35-33(37)30-14-12-28(13-15-30)27-10-7-26(24-34)8-11-27/h7-16,23,29H,3-6,17-22H2,1-2H3,(H,35,37). The van der Waals surface area contributed by atoms with Crippen LogP contribution in [0, 0.1) is 11.3 Å². The molecule has 5 nitrogen and oxygen atoms in total. The zero-order chi connectivity index (χ0) is 26.7. The van der Waals surface area contributed by atoms with Crippen LogP contribution in [0.1, 0.15) is 72.5 Å². The SMILES string of the molecule is CCOc1cc(CC)ccc1C1CCN(CCCCNC(=O)c2ccc(-c3ccc(C#N)cc3)cc2)CC1. The predicted octanol–water partition coefficient (Wildman–Crippen LogP) is 6.58. The minimum atomic E-state index is -0.0311. The fraction of sp³-hybridized carbons (Fsp3) is 0.394. The molecule has 198 valence electrons. The Balaban J connectivity index is 1.16. The van der Waals surface area contributed by atoms with Crippen LogP contribution in [-0.2, 0) is 6.42 Å². The van der Waals surface area contributed by atoms with Crippen molar-refractivity contribution in [1.82, 2.24) is 10.2 Å². The highest BCUT2D eigenvalue weighted by atomic mass is 16.5. The van der Waals surface area contributed by atoms with Crippen LogP contribution < -0.4 is 10.1 Å². The second-order valence-corrected chi connectivity index (χ2v) is 10.0. The molecule has 0 unspecified atom stereocenters. The summed E-state index contributed by atoms with van der Waals surface area (Å²) in [5.41, 5.74) is 6.08. The fourth-order valence-electron chi connectivity index (χ4n) is 5.20. The third kappa shape index (κ3) is 7.24. The molecule has 0 aromatic heterocycles. The zero-order valence-electron chi connectivity index (χ0n) is 22.7. The van der Waals surface area contributed by atoms with Crippen LogP contribution in [0.4, 0.5) is 0 Å². The number of nitriles is 1. The summed E-state index contributed by atoms with van der Waals surface area (Å²) in [6, 6.07) is 24.0. The number of unbranched alkanes of at least 4 members (excludes halogenated alkanes) is 1. The Kier molecular flexibility index (Phi) is 9.95. The maximum atomic E-state index is 12.6. The molecule has 3 aromatic rings. The summed E-state index contributed by atoms with van der Waals surface area (Å²) in [4.78, 5) is 15.1. The molecular formula is C33H39N3O2. The second-order valence-electron chi connectivity index (χ2n) is 10.0. The van der Waals surface area contributed by atoms with E-state index in [-0.39, 0.29) is 5.91 Å². The molecule has 0 radical (unpaired) electrons. The average molecular weight is 510 g/mol. The minimum Gasteiger partial charge on any atom is -0.494 e. The first-order valence-corrected chi connectivity index (χ1v) is 14.0. The second kappa shape index (κ2) is 13.8. The van der Waals surface area contributed by atoms with E-state index in [2.05, 4.69) is 48.3 Å². The molecule has 1 N–H and O–H groups in total. The maximum absolute atomic E-state index is 12.6. The summed E-state index contributed by atoms with van der Waals surface area (Å²) in [7, 11) is 0. The molecule has 1 amide bonds. The number of benzene rings is 3. The topological polar surface area (TPSA) is 65.4 Å². The molecule has 38 heavy (non-hydrogen) atoms. The third-order valence-electron chi connectivity index (χ3n) is 7.49. The van der Waals surface area contributed by atoms with Crippen molar-refractivity contribution >= 4 is 5.91 Å². The number of hydrogen-bond acceptors (Lipinski definition) is 4. The van der Waals surface area contributed by atoms with Gasteiger partial charge in [-0.15, -0.1) is 0 Å². The molecule has 0 saturated carbocycles. The van der Waals surface area contributed by atoms with Gasteiger partial charge in [0.2, 0.25) is 0 Å². The maximum Gasteiger partial charge on any atom is 0.251 e. The first-order chi connectivity index (χ1) is 18.6. The molecule has 5 heteroatoms. The molecule has 1 aliphatic rings. The van der Waals surface area contributed by atoms with E-state index in [9.17, 15) is 4.79 Å². The van der Waals surface area contributed by atoms with E-state index in [1.807, 2.05) is 48.5 Å². The van der Waals surface area contributed by atoms with Gasteiger partial charge in [-0.05, 0) is 117 Å². The van der Waals surface area contributed by atoms with Gasteiger partial charge in [-0.25, -0.2) is 0 Å². The number of nitrogens with zero attached hydrogens (tertiary/aromatic N) is 2. The highest BCUT2D eigenvalue weighted by Crippen LogP contribution is 2.35. The average Bonchev–Trinajstić information content (AvgIpc) is 2.97. The van der Waals surface area contributed by atoms with E-state index in [0.717, 1.165) is 55.8 Å². The van der Waals surface area contributed by atoms with Crippen molar-refractivity contribution in [1.29, 1.82) is 5.26 Å². The molecule has 3 aromatic carbocycles. The van der Waals surface area contributed by atoms with Gasteiger partial charge >= 0.3 is 0 Å². The van der Waals surface area contributed by atoms with Gasteiger partial charge in [0.1, 0.15) is 5.75 Å². The summed E-state index contributed by atoms with van der Waals surface area (Å²) in [6.07, 6.45) is 5.42. The smallest absolute Gasteiger partial charge is 0.251 e. The van der Waals surface area contributed by atoms with E-state index in [4.69, 9.17) is 10.00 Å². The van der Waals surface area contributed by atoms with E-state index < -0.39 is 0 Å². The Labute approximate surface area is 227 Å². The molecule has 0 aliphatic carbocycles. The number of nitrogens with one attached hydrogen (secondary N) is 1. The van der Waals surface area contributed by atoms with E-state index >= 15 is 0 Å². The van der Waals surface area contributed by atoms with Crippen LogP contribution in [0.25, 0.3) is 11.1 Å². The van der Waals surface area contributed by atoms with Gasteiger partial charge in [-0.2, -0.15) is 5.26 Å². The number of piperidine rings is 1. The Hall–Kier alpha value is -3.62. The van der Waals surface area contributed by atoms with Crippen LogP contribution in [0.3, 0.4) is 0 Å². The van der Waals surface area contributed by atoms with Crippen molar-refractivity contribution in [3.8, 4) is 22.9 Å². The highest BCUT2D eigenvalue weighted by Gasteiger charge is 2.23. The number of likely N-dealkylation sites (tertiary alicyclic amines) is 1. The van der Waals surface area contributed by atoms with E-state index in [1.165, 1.54) is 24.0 Å². The quantitative estimate of drug-likeness (QED) is 0.297. The molecule has 1 heterocycles. The highest BCUT2D eigenvalue weighted by molar-refractivity contribution is 5.94. The lowest BCUT2D eigenvalue weighted by molar-refractivity contribution is 0.0952. The molecular weight excluding hydrogens is 470 g/mol. The van der Waals surface area contributed by atoms with Crippen LogP contribution in [0.15, 0.2) is 66.7 Å². The monoisotopic (exact) mass is 509 g/mol. The van der Waals surface area contributed by atoms with Crippen molar-refractivity contribution in [3.05, 3.63) is 89.0 Å². The number of amides is 1. The van der Waals surface area contributed by atoms with Crippen molar-refractivity contribution < 1.29 is 9.53 Å². The van der Waals surface area contributed by atoms with Crippen molar-refractivity contribution in [2.45, 2.75) is 51.9 Å². The Bertz CT molecular complexity index is 1220. The number of ether oxygens (including phenoxy) is 1. The molecule has 0 atom stereocenters. The lowest BCUT2D eigenvalue weighted by atomic mass is 9.88. The van der Waals surface area contributed by atoms with Crippen LogP contribution in [0.5, 0.6) is 5.75 Å². The van der Waals surface area contributed by atoms with Gasteiger partial charge in [-0.1, -0.05) is 43.3 Å². The van der Waals surface area contributed by atoms with Crippen molar-refractivity contribution in [2.24, 2.45) is 0 Å². The van der Waals surface area contributed by atoms with E-state index in [1.54, 1.807) is 0 Å². The number of carbonyl (C=O) groups excluding carboxylic acids is 1. The molecule has 1 fully saturated rings. The zero-order valence-corrected chi connectivity index (χ0v) is 22.7. The van der Waals surface area contributed by atoms with Gasteiger partial charge in [0.05, 0.1) is 18.2 Å². The Morgan fingerprint density at radius 3 is 2.29 bits per heavy atom. The first-order valence-electron chi connectivity index (χ1n) is 14.0. The van der Waals surface area contributed by atoms with Crippen molar-refractivity contribution in [2.75, 3.05) is 32.8 Å². The minimum absolute atomic E-state index is 0.0311. The summed E-state index contributed by atoms with van der Waals surface area (Å²) in [6.45, 7) is 8.95. The van der Waals surface area contributed by atoms with Gasteiger partial charge < -0.3 is 15.0 Å². The largest absolute Gasteiger partial charge is 0.494 e. The summed E-state index contributed by atoms with van der Waals surface area (Å²) >= 11 is 0. The van der Waals surface area contributed by atoms with Crippen LogP contribution in [-0.4, -0.2) is 43.6 Å². The summed E-state index contributed by atoms with van der Waals surface area (Å²) in [5, 5.41) is 12.0. The van der Waals surface area contributed by atoms with Crippen molar-refractivity contribution in [3.63, 3.8) is 0 Å². The van der Waals surface area contributed by atoms with E-state index in [0.29, 0.717) is 30.2 Å². The Morgan fingerprint density at radius 1 is 0.974 bits per heavy atom. The molecule has 1 saturated heterocycles. The Morgan fingerprint density at radius 2 is 1.66 bits per heavy atom. The third-order valence-corrected chi connectivity index (χ3v) is 7.49. The first kappa shape index (κ1) is 27.4. The molecule has 0 spiro atoms. The lowest BCUT2D eigenvalue weighted by Crippen LogP contribution is -2.34. The fourth-order valence-corrected chi connectivity index (χ4v) is 5.20. The normalized spacial score (nSPS) is 14.1.